The van der Waals surface area contributed by atoms with E-state index in [-0.39, 0.29) is 5.92 Å². The molecule has 1 aromatic rings. The van der Waals surface area contributed by atoms with Crippen molar-refractivity contribution in [2.45, 2.75) is 42.8 Å². The van der Waals surface area contributed by atoms with Crippen LogP contribution < -0.4 is 0 Å². The molecule has 16 heavy (non-hydrogen) atoms. The number of rotatable bonds is 2. The van der Waals surface area contributed by atoms with Crippen molar-refractivity contribution in [3.8, 4) is 6.07 Å². The molecular formula is C14H17NS. The minimum atomic E-state index is 0.248. The van der Waals surface area contributed by atoms with Crippen LogP contribution in [0.4, 0.5) is 0 Å². The molecule has 0 N–H and O–H groups in total. The van der Waals surface area contributed by atoms with Crippen LogP contribution in [0.1, 0.15) is 31.2 Å². The first kappa shape index (κ1) is 11.5. The van der Waals surface area contributed by atoms with E-state index in [4.69, 9.17) is 5.26 Å². The van der Waals surface area contributed by atoms with E-state index in [1.54, 1.807) is 0 Å². The minimum Gasteiger partial charge on any atom is -0.198 e. The summed E-state index contributed by atoms with van der Waals surface area (Å²) in [4.78, 5) is 1.34. The number of aryl methyl sites for hydroxylation is 1. The summed E-state index contributed by atoms with van der Waals surface area (Å²) in [6.45, 7) is 2.15. The van der Waals surface area contributed by atoms with Crippen LogP contribution in [0.15, 0.2) is 29.2 Å². The van der Waals surface area contributed by atoms with E-state index >= 15 is 0 Å². The summed E-state index contributed by atoms with van der Waals surface area (Å²) >= 11 is 1.90. The predicted molar refractivity (Wildman–Crippen MR) is 68.4 cm³/mol. The molecule has 0 bridgehead atoms. The van der Waals surface area contributed by atoms with Gasteiger partial charge in [0.25, 0.3) is 0 Å². The van der Waals surface area contributed by atoms with Gasteiger partial charge < -0.3 is 0 Å². The summed E-state index contributed by atoms with van der Waals surface area (Å²) in [6.07, 6.45) is 4.78. The predicted octanol–water partition coefficient (Wildman–Crippen LogP) is 4.17. The molecule has 0 spiro atoms. The maximum Gasteiger partial charge on any atom is 0.0667 e. The lowest BCUT2D eigenvalue weighted by atomic mass is 9.90. The van der Waals surface area contributed by atoms with Crippen molar-refractivity contribution < 1.29 is 0 Å². The number of thioether (sulfide) groups is 1. The number of hydrogen-bond donors (Lipinski definition) is 0. The molecule has 1 fully saturated rings. The Morgan fingerprint density at radius 2 is 2.00 bits per heavy atom. The first-order valence-electron chi connectivity index (χ1n) is 5.93. The second-order valence-electron chi connectivity index (χ2n) is 4.44. The molecule has 2 rings (SSSR count). The first-order valence-corrected chi connectivity index (χ1v) is 6.81. The monoisotopic (exact) mass is 231 g/mol. The zero-order valence-corrected chi connectivity index (χ0v) is 10.5. The smallest absolute Gasteiger partial charge is 0.0667 e. The molecule has 1 nitrogen and oxygen atoms in total. The Bertz CT molecular complexity index is 394. The van der Waals surface area contributed by atoms with Crippen molar-refractivity contribution >= 4 is 11.8 Å². The molecule has 0 saturated heterocycles. The molecule has 0 heterocycles. The van der Waals surface area contributed by atoms with Gasteiger partial charge in [-0.05, 0) is 31.4 Å². The van der Waals surface area contributed by atoms with Gasteiger partial charge in [0, 0.05) is 10.1 Å². The van der Waals surface area contributed by atoms with Crippen molar-refractivity contribution in [1.29, 1.82) is 5.26 Å². The molecule has 0 amide bonds. The second kappa shape index (κ2) is 5.41. The molecule has 0 aliphatic heterocycles. The van der Waals surface area contributed by atoms with E-state index in [9.17, 15) is 0 Å². The number of hydrogen-bond acceptors (Lipinski definition) is 2. The topological polar surface area (TPSA) is 23.8 Å². The highest BCUT2D eigenvalue weighted by Crippen LogP contribution is 2.38. The molecular weight excluding hydrogens is 214 g/mol. The van der Waals surface area contributed by atoms with E-state index in [1.165, 1.54) is 29.7 Å². The van der Waals surface area contributed by atoms with Gasteiger partial charge in [0.1, 0.15) is 0 Å². The fraction of sp³-hybridized carbons (Fsp3) is 0.500. The summed E-state index contributed by atoms with van der Waals surface area (Å²) in [6, 6.07) is 10.9. The molecule has 0 radical (unpaired) electrons. The first-order chi connectivity index (χ1) is 7.81. The number of benzene rings is 1. The lowest BCUT2D eigenvalue weighted by Gasteiger charge is -2.26. The van der Waals surface area contributed by atoms with Gasteiger partial charge >= 0.3 is 0 Å². The van der Waals surface area contributed by atoms with Gasteiger partial charge in [-0.2, -0.15) is 5.26 Å². The Kier molecular flexibility index (Phi) is 3.90. The second-order valence-corrected chi connectivity index (χ2v) is 5.72. The summed E-state index contributed by atoms with van der Waals surface area (Å²) in [5.41, 5.74) is 1.33. The molecule has 2 heteroatoms. The van der Waals surface area contributed by atoms with Crippen LogP contribution in [0.5, 0.6) is 0 Å². The molecule has 0 aromatic heterocycles. The third-order valence-corrected chi connectivity index (χ3v) is 4.82. The molecule has 2 unspecified atom stereocenters. The molecule has 1 aliphatic rings. The standard InChI is InChI=1S/C14H17NS/c1-11-6-2-4-8-13(11)16-14-9-5-3-7-12(14)10-15/h2,4,6,8,12,14H,3,5,7,9H2,1H3. The summed E-state index contributed by atoms with van der Waals surface area (Å²) < 4.78 is 0. The minimum absolute atomic E-state index is 0.248. The van der Waals surface area contributed by atoms with Gasteiger partial charge in [0.05, 0.1) is 12.0 Å². The van der Waals surface area contributed by atoms with Crippen LogP contribution in [0.25, 0.3) is 0 Å². The summed E-state index contributed by atoms with van der Waals surface area (Å²) in [5, 5.41) is 9.65. The largest absolute Gasteiger partial charge is 0.198 e. The van der Waals surface area contributed by atoms with Gasteiger partial charge in [0.2, 0.25) is 0 Å². The van der Waals surface area contributed by atoms with Gasteiger partial charge in [-0.25, -0.2) is 0 Å². The highest BCUT2D eigenvalue weighted by molar-refractivity contribution is 8.00. The van der Waals surface area contributed by atoms with Crippen LogP contribution in [0.2, 0.25) is 0 Å². The van der Waals surface area contributed by atoms with Gasteiger partial charge in [-0.15, -0.1) is 11.8 Å². The summed E-state index contributed by atoms with van der Waals surface area (Å²) in [7, 11) is 0. The molecule has 1 aliphatic carbocycles. The van der Waals surface area contributed by atoms with Crippen LogP contribution >= 0.6 is 11.8 Å². The van der Waals surface area contributed by atoms with Crippen molar-refractivity contribution in [2.24, 2.45) is 5.92 Å². The SMILES string of the molecule is Cc1ccccc1SC1CCCCC1C#N. The van der Waals surface area contributed by atoms with Gasteiger partial charge in [-0.1, -0.05) is 31.0 Å². The van der Waals surface area contributed by atoms with Gasteiger partial charge in [-0.3, -0.25) is 0 Å². The zero-order valence-electron chi connectivity index (χ0n) is 9.65. The Morgan fingerprint density at radius 3 is 2.75 bits per heavy atom. The molecule has 2 atom stereocenters. The van der Waals surface area contributed by atoms with Crippen LogP contribution in [0.3, 0.4) is 0 Å². The fourth-order valence-corrected chi connectivity index (χ4v) is 3.62. The van der Waals surface area contributed by atoms with E-state index in [0.29, 0.717) is 5.25 Å². The summed E-state index contributed by atoms with van der Waals surface area (Å²) in [5.74, 6) is 0.248. The molecule has 1 aromatic carbocycles. The number of nitrogens with zero attached hydrogens (tertiary/aromatic N) is 1. The quantitative estimate of drug-likeness (QED) is 0.762. The average molecular weight is 231 g/mol. The van der Waals surface area contributed by atoms with Crippen molar-refractivity contribution in [3.63, 3.8) is 0 Å². The number of nitriles is 1. The Balaban J connectivity index is 2.09. The Labute approximate surface area is 102 Å². The van der Waals surface area contributed by atoms with Crippen LogP contribution in [0, 0.1) is 24.2 Å². The van der Waals surface area contributed by atoms with E-state index in [2.05, 4.69) is 37.3 Å². The van der Waals surface area contributed by atoms with Crippen molar-refractivity contribution in [1.82, 2.24) is 0 Å². The lowest BCUT2D eigenvalue weighted by molar-refractivity contribution is 0.439. The van der Waals surface area contributed by atoms with Crippen LogP contribution in [-0.2, 0) is 0 Å². The van der Waals surface area contributed by atoms with E-state index < -0.39 is 0 Å². The van der Waals surface area contributed by atoms with Gasteiger partial charge in [0.15, 0.2) is 0 Å². The maximum atomic E-state index is 9.15. The van der Waals surface area contributed by atoms with Crippen molar-refractivity contribution in [2.75, 3.05) is 0 Å². The van der Waals surface area contributed by atoms with Crippen molar-refractivity contribution in [3.05, 3.63) is 29.8 Å². The third-order valence-electron chi connectivity index (χ3n) is 3.24. The van der Waals surface area contributed by atoms with Crippen LogP contribution in [-0.4, -0.2) is 5.25 Å². The van der Waals surface area contributed by atoms with E-state index in [0.717, 1.165) is 6.42 Å². The fourth-order valence-electron chi connectivity index (χ4n) is 2.24. The zero-order chi connectivity index (χ0) is 11.4. The average Bonchev–Trinajstić information content (AvgIpc) is 2.33. The Morgan fingerprint density at radius 1 is 1.25 bits per heavy atom. The lowest BCUT2D eigenvalue weighted by Crippen LogP contribution is -2.20. The normalized spacial score (nSPS) is 25.0. The molecule has 1 saturated carbocycles. The van der Waals surface area contributed by atoms with E-state index in [1.807, 2.05) is 11.8 Å². The highest BCUT2D eigenvalue weighted by Gasteiger charge is 2.25. The highest BCUT2D eigenvalue weighted by atomic mass is 32.2. The third kappa shape index (κ3) is 2.59. The Hall–Kier alpha value is -0.940. The maximum absolute atomic E-state index is 9.15. The molecule has 84 valence electrons.